The molecule has 0 unspecified atom stereocenters. The highest BCUT2D eigenvalue weighted by atomic mass is 15.1. The van der Waals surface area contributed by atoms with Gasteiger partial charge in [-0.15, -0.1) is 0 Å². The number of hydrogen-bond donors (Lipinski definition) is 1. The lowest BCUT2D eigenvalue weighted by Gasteiger charge is -1.98. The molecule has 15 heavy (non-hydrogen) atoms. The van der Waals surface area contributed by atoms with Crippen molar-refractivity contribution < 1.29 is 0 Å². The Morgan fingerprint density at radius 1 is 1.13 bits per heavy atom. The summed E-state index contributed by atoms with van der Waals surface area (Å²) in [6.45, 7) is 0. The Morgan fingerprint density at radius 3 is 2.80 bits per heavy atom. The number of nitrogens with one attached hydrogen (secondary N) is 1. The minimum atomic E-state index is 0.780. The van der Waals surface area contributed by atoms with Crippen molar-refractivity contribution in [2.45, 2.75) is 0 Å². The molecule has 3 rings (SSSR count). The van der Waals surface area contributed by atoms with Crippen LogP contribution in [0, 0.1) is 6.20 Å². The van der Waals surface area contributed by atoms with E-state index >= 15 is 0 Å². The number of aromatic nitrogens is 4. The highest BCUT2D eigenvalue weighted by Crippen LogP contribution is 2.16. The van der Waals surface area contributed by atoms with Gasteiger partial charge in [-0.1, -0.05) is 12.1 Å². The van der Waals surface area contributed by atoms with Crippen LogP contribution < -0.4 is 0 Å². The van der Waals surface area contributed by atoms with Crippen LogP contribution >= 0.6 is 0 Å². The van der Waals surface area contributed by atoms with Gasteiger partial charge < -0.3 is 0 Å². The Labute approximate surface area is 86.0 Å². The molecule has 1 aromatic carbocycles. The standard InChI is InChI=1S/C11H7N4/c1-2-4-10-9(3-1)12-7-11(15-10)8-5-13-14-6-8/h1-5,7H,(H,13,14). The Kier molecular flexibility index (Phi) is 1.71. The van der Waals surface area contributed by atoms with Crippen molar-refractivity contribution >= 4 is 11.0 Å². The molecule has 1 radical (unpaired) electrons. The third kappa shape index (κ3) is 1.36. The summed E-state index contributed by atoms with van der Waals surface area (Å²) in [7, 11) is 0. The first-order valence-corrected chi connectivity index (χ1v) is 4.57. The van der Waals surface area contributed by atoms with E-state index in [1.807, 2.05) is 24.3 Å². The highest BCUT2D eigenvalue weighted by molar-refractivity contribution is 5.76. The Balaban J connectivity index is 2.22. The van der Waals surface area contributed by atoms with E-state index in [2.05, 4.69) is 26.4 Å². The number of H-pyrrole nitrogens is 1. The predicted octanol–water partition coefficient (Wildman–Crippen LogP) is 1.82. The third-order valence-electron chi connectivity index (χ3n) is 2.17. The first-order valence-electron chi connectivity index (χ1n) is 4.57. The van der Waals surface area contributed by atoms with E-state index in [0.717, 1.165) is 22.3 Å². The lowest BCUT2D eigenvalue weighted by molar-refractivity contribution is 1.08. The number of nitrogens with zero attached hydrogens (tertiary/aromatic N) is 3. The minimum absolute atomic E-state index is 0.780. The van der Waals surface area contributed by atoms with Crippen molar-refractivity contribution in [2.75, 3.05) is 0 Å². The molecular weight excluding hydrogens is 188 g/mol. The summed E-state index contributed by atoms with van der Waals surface area (Å²) in [5, 5.41) is 6.46. The van der Waals surface area contributed by atoms with Crippen LogP contribution in [0.15, 0.2) is 36.7 Å². The molecule has 0 bridgehead atoms. The van der Waals surface area contributed by atoms with E-state index in [0.29, 0.717) is 0 Å². The Bertz CT molecular complexity index is 586. The second-order valence-electron chi connectivity index (χ2n) is 3.15. The van der Waals surface area contributed by atoms with E-state index in [1.54, 1.807) is 12.4 Å². The summed E-state index contributed by atoms with van der Waals surface area (Å²) >= 11 is 0. The summed E-state index contributed by atoms with van der Waals surface area (Å²) in [6.07, 6.45) is 6.28. The second-order valence-corrected chi connectivity index (χ2v) is 3.15. The lowest BCUT2D eigenvalue weighted by atomic mass is 10.2. The Morgan fingerprint density at radius 2 is 2.00 bits per heavy atom. The molecule has 0 saturated carbocycles. The fourth-order valence-corrected chi connectivity index (χ4v) is 1.44. The highest BCUT2D eigenvalue weighted by Gasteiger charge is 2.02. The van der Waals surface area contributed by atoms with Gasteiger partial charge in [-0.25, -0.2) is 4.98 Å². The molecule has 3 aromatic rings. The van der Waals surface area contributed by atoms with Crippen LogP contribution in [-0.4, -0.2) is 20.2 Å². The van der Waals surface area contributed by atoms with Crippen LogP contribution in [0.3, 0.4) is 0 Å². The maximum Gasteiger partial charge on any atom is 0.122 e. The summed E-state index contributed by atoms with van der Waals surface area (Å²) < 4.78 is 0. The smallest absolute Gasteiger partial charge is 0.122 e. The molecule has 2 heterocycles. The fourth-order valence-electron chi connectivity index (χ4n) is 1.44. The van der Waals surface area contributed by atoms with Crippen LogP contribution in [-0.2, 0) is 0 Å². The van der Waals surface area contributed by atoms with Crippen molar-refractivity contribution in [3.05, 3.63) is 42.9 Å². The van der Waals surface area contributed by atoms with Gasteiger partial charge in [0.15, 0.2) is 0 Å². The van der Waals surface area contributed by atoms with Gasteiger partial charge in [0.2, 0.25) is 0 Å². The van der Waals surface area contributed by atoms with Crippen molar-refractivity contribution in [3.63, 3.8) is 0 Å². The summed E-state index contributed by atoms with van der Waals surface area (Å²) in [5.41, 5.74) is 3.38. The summed E-state index contributed by atoms with van der Waals surface area (Å²) in [4.78, 5) is 8.78. The molecule has 4 heteroatoms. The first kappa shape index (κ1) is 8.11. The number of aromatic amines is 1. The molecule has 4 nitrogen and oxygen atoms in total. The van der Waals surface area contributed by atoms with E-state index in [9.17, 15) is 0 Å². The molecule has 0 spiro atoms. The average molecular weight is 195 g/mol. The van der Waals surface area contributed by atoms with E-state index in [-0.39, 0.29) is 0 Å². The Hall–Kier alpha value is -2.23. The SMILES string of the molecule is [c]1n[nH]cc1-c1cnc2ccccc2n1. The van der Waals surface area contributed by atoms with Crippen LogP contribution in [0.2, 0.25) is 0 Å². The largest absolute Gasteiger partial charge is 0.284 e. The molecular formula is C11H7N4. The molecule has 2 aromatic heterocycles. The minimum Gasteiger partial charge on any atom is -0.284 e. The van der Waals surface area contributed by atoms with Crippen LogP contribution in [0.4, 0.5) is 0 Å². The first-order chi connectivity index (χ1) is 7.43. The van der Waals surface area contributed by atoms with Gasteiger partial charge in [-0.2, -0.15) is 5.10 Å². The quantitative estimate of drug-likeness (QED) is 0.644. The van der Waals surface area contributed by atoms with Crippen molar-refractivity contribution in [3.8, 4) is 11.3 Å². The number of benzene rings is 1. The zero-order valence-electron chi connectivity index (χ0n) is 7.81. The summed E-state index contributed by atoms with van der Waals surface area (Å²) in [5.74, 6) is 0. The van der Waals surface area contributed by atoms with E-state index in [4.69, 9.17) is 0 Å². The molecule has 0 atom stereocenters. The average Bonchev–Trinajstić information content (AvgIpc) is 2.82. The number of hydrogen-bond acceptors (Lipinski definition) is 3. The maximum absolute atomic E-state index is 4.46. The van der Waals surface area contributed by atoms with Crippen molar-refractivity contribution in [1.82, 2.24) is 20.2 Å². The van der Waals surface area contributed by atoms with Gasteiger partial charge in [0.05, 0.1) is 22.9 Å². The van der Waals surface area contributed by atoms with Gasteiger partial charge in [0, 0.05) is 11.8 Å². The number of para-hydroxylation sites is 2. The van der Waals surface area contributed by atoms with Crippen LogP contribution in [0.25, 0.3) is 22.3 Å². The third-order valence-corrected chi connectivity index (χ3v) is 2.17. The normalized spacial score (nSPS) is 10.7. The van der Waals surface area contributed by atoms with Gasteiger partial charge in [-0.3, -0.25) is 10.1 Å². The molecule has 0 amide bonds. The van der Waals surface area contributed by atoms with E-state index in [1.165, 1.54) is 0 Å². The molecule has 0 saturated heterocycles. The topological polar surface area (TPSA) is 54.5 Å². The van der Waals surface area contributed by atoms with Crippen molar-refractivity contribution in [2.24, 2.45) is 0 Å². The zero-order valence-corrected chi connectivity index (χ0v) is 7.81. The van der Waals surface area contributed by atoms with Crippen LogP contribution in [0.1, 0.15) is 0 Å². The van der Waals surface area contributed by atoms with Gasteiger partial charge in [0.1, 0.15) is 6.20 Å². The van der Waals surface area contributed by atoms with Crippen molar-refractivity contribution in [1.29, 1.82) is 0 Å². The fraction of sp³-hybridized carbons (Fsp3) is 0. The lowest BCUT2D eigenvalue weighted by Crippen LogP contribution is -1.86. The second kappa shape index (κ2) is 3.16. The number of rotatable bonds is 1. The molecule has 0 aliphatic rings. The molecule has 1 N–H and O–H groups in total. The van der Waals surface area contributed by atoms with Gasteiger partial charge in [-0.05, 0) is 12.1 Å². The molecule has 0 aliphatic heterocycles. The monoisotopic (exact) mass is 195 g/mol. The van der Waals surface area contributed by atoms with E-state index < -0.39 is 0 Å². The van der Waals surface area contributed by atoms with Crippen LogP contribution in [0.5, 0.6) is 0 Å². The maximum atomic E-state index is 4.46. The zero-order chi connectivity index (χ0) is 10.1. The van der Waals surface area contributed by atoms with Gasteiger partial charge >= 0.3 is 0 Å². The number of fused-ring (bicyclic) bond motifs is 1. The molecule has 71 valence electrons. The predicted molar refractivity (Wildman–Crippen MR) is 56.0 cm³/mol. The van der Waals surface area contributed by atoms with Gasteiger partial charge in [0.25, 0.3) is 0 Å². The molecule has 0 aliphatic carbocycles. The summed E-state index contributed by atoms with van der Waals surface area (Å²) in [6, 6.07) is 7.76. The molecule has 0 fully saturated rings.